The van der Waals surface area contributed by atoms with Crippen molar-refractivity contribution in [2.75, 3.05) is 20.2 Å². The van der Waals surface area contributed by atoms with Crippen molar-refractivity contribution in [1.29, 1.82) is 0 Å². The number of nitrogens with zero attached hydrogens (tertiary/aromatic N) is 2. The van der Waals surface area contributed by atoms with E-state index >= 15 is 0 Å². The molecule has 1 aromatic heterocycles. The van der Waals surface area contributed by atoms with E-state index < -0.39 is 24.0 Å². The van der Waals surface area contributed by atoms with Crippen LogP contribution in [-0.4, -0.2) is 60.2 Å². The summed E-state index contributed by atoms with van der Waals surface area (Å²) in [7, 11) is 1.73. The molecule has 0 aromatic carbocycles. The SMILES string of the molecule is CCC[CH2][Sn]([CH2]CCC)([CH2]CCC)[c]1ccc(OCCN(C)C(=O)OC(C)(C)C)cn1. The number of hydrogen-bond donors (Lipinski definition) is 0. The van der Waals surface area contributed by atoms with E-state index in [0.717, 1.165) is 5.75 Å². The molecule has 0 atom stereocenters. The molecule has 5 nitrogen and oxygen atoms in total. The van der Waals surface area contributed by atoms with Crippen molar-refractivity contribution in [1.82, 2.24) is 9.88 Å². The fourth-order valence-corrected chi connectivity index (χ4v) is 19.2. The molecule has 0 spiro atoms. The van der Waals surface area contributed by atoms with Gasteiger partial charge in [0, 0.05) is 0 Å². The summed E-state index contributed by atoms with van der Waals surface area (Å²) in [5, 5.41) is 0. The molecule has 0 N–H and O–H groups in total. The molecule has 0 fully saturated rings. The number of carbonyl (C=O) groups is 1. The van der Waals surface area contributed by atoms with Gasteiger partial charge in [0.05, 0.1) is 0 Å². The van der Waals surface area contributed by atoms with Gasteiger partial charge in [0.1, 0.15) is 0 Å². The summed E-state index contributed by atoms with van der Waals surface area (Å²) in [5.74, 6) is 0.781. The second-order valence-corrected chi connectivity index (χ2v) is 22.8. The van der Waals surface area contributed by atoms with Crippen molar-refractivity contribution in [2.24, 2.45) is 0 Å². The molecule has 0 aliphatic heterocycles. The van der Waals surface area contributed by atoms with Crippen LogP contribution in [0.1, 0.15) is 80.1 Å². The topological polar surface area (TPSA) is 51.7 Å². The van der Waals surface area contributed by atoms with Crippen LogP contribution in [0.2, 0.25) is 13.3 Å². The fraction of sp³-hybridized carbons (Fsp3) is 0.760. The van der Waals surface area contributed by atoms with Gasteiger partial charge in [-0.05, 0) is 0 Å². The third kappa shape index (κ3) is 10.5. The molecule has 178 valence electrons. The Morgan fingerprint density at radius 1 is 1.00 bits per heavy atom. The van der Waals surface area contributed by atoms with E-state index in [1.807, 2.05) is 27.0 Å². The van der Waals surface area contributed by atoms with Crippen molar-refractivity contribution in [3.63, 3.8) is 0 Å². The van der Waals surface area contributed by atoms with Crippen LogP contribution in [0.5, 0.6) is 5.75 Å². The second kappa shape index (κ2) is 14.2. The third-order valence-electron chi connectivity index (χ3n) is 5.71. The average molecular weight is 541 g/mol. The minimum atomic E-state index is -2.48. The zero-order valence-electron chi connectivity index (χ0n) is 21.1. The first-order valence-electron chi connectivity index (χ1n) is 12.2. The van der Waals surface area contributed by atoms with Gasteiger partial charge >= 0.3 is 196 Å². The van der Waals surface area contributed by atoms with Crippen molar-refractivity contribution in [3.05, 3.63) is 18.3 Å². The zero-order valence-corrected chi connectivity index (χ0v) is 24.0. The van der Waals surface area contributed by atoms with E-state index in [1.54, 1.807) is 11.9 Å². The molecule has 0 saturated heterocycles. The summed E-state index contributed by atoms with van der Waals surface area (Å²) in [6, 6.07) is 4.34. The Labute approximate surface area is 195 Å². The van der Waals surface area contributed by atoms with E-state index in [1.165, 1.54) is 55.5 Å². The van der Waals surface area contributed by atoms with E-state index in [9.17, 15) is 4.79 Å². The number of aromatic nitrogens is 1. The first-order valence-corrected chi connectivity index (χ1v) is 19.7. The molecule has 0 bridgehead atoms. The molecule has 0 aliphatic carbocycles. The number of rotatable bonds is 14. The Hall–Kier alpha value is -0.981. The van der Waals surface area contributed by atoms with E-state index in [2.05, 4.69) is 32.9 Å². The number of hydrogen-bond acceptors (Lipinski definition) is 4. The van der Waals surface area contributed by atoms with E-state index in [0.29, 0.717) is 13.2 Å². The molecule has 1 aromatic rings. The Bertz CT molecular complexity index is 607. The molecule has 1 rings (SSSR count). The van der Waals surface area contributed by atoms with Gasteiger partial charge in [0.25, 0.3) is 0 Å². The van der Waals surface area contributed by atoms with Gasteiger partial charge in [-0.15, -0.1) is 0 Å². The fourth-order valence-electron chi connectivity index (χ4n) is 3.82. The maximum atomic E-state index is 12.1. The normalized spacial score (nSPS) is 12.0. The number of pyridine rings is 1. The van der Waals surface area contributed by atoms with E-state index in [4.69, 9.17) is 14.5 Å². The third-order valence-corrected chi connectivity index (χ3v) is 20.9. The molecule has 0 aliphatic rings. The Morgan fingerprint density at radius 3 is 1.97 bits per heavy atom. The first-order chi connectivity index (χ1) is 14.7. The Morgan fingerprint density at radius 2 is 1.55 bits per heavy atom. The van der Waals surface area contributed by atoms with Gasteiger partial charge < -0.3 is 0 Å². The number of ether oxygens (including phenoxy) is 2. The van der Waals surface area contributed by atoms with Crippen molar-refractivity contribution < 1.29 is 14.3 Å². The summed E-state index contributed by atoms with van der Waals surface area (Å²) in [6.07, 6.45) is 9.38. The molecule has 0 unspecified atom stereocenters. The number of carbonyl (C=O) groups excluding carboxylic acids is 1. The van der Waals surface area contributed by atoms with Gasteiger partial charge in [0.15, 0.2) is 0 Å². The maximum absolute atomic E-state index is 12.1. The van der Waals surface area contributed by atoms with Crippen LogP contribution in [0.25, 0.3) is 0 Å². The minimum absolute atomic E-state index is 0.328. The van der Waals surface area contributed by atoms with Crippen LogP contribution in [0.3, 0.4) is 0 Å². The van der Waals surface area contributed by atoms with Gasteiger partial charge in [-0.2, -0.15) is 0 Å². The molecular weight excluding hydrogens is 495 g/mol. The van der Waals surface area contributed by atoms with Crippen molar-refractivity contribution in [2.45, 2.75) is 99.0 Å². The molecule has 0 radical (unpaired) electrons. The number of likely N-dealkylation sites (N-methyl/N-ethyl adjacent to an activating group) is 1. The van der Waals surface area contributed by atoms with Crippen LogP contribution in [0.15, 0.2) is 18.3 Å². The van der Waals surface area contributed by atoms with Crippen LogP contribution in [-0.2, 0) is 4.74 Å². The summed E-state index contributed by atoms with van der Waals surface area (Å²) >= 11 is -2.48. The Kier molecular flexibility index (Phi) is 12.9. The van der Waals surface area contributed by atoms with Crippen molar-refractivity contribution in [3.8, 4) is 5.75 Å². The molecule has 31 heavy (non-hydrogen) atoms. The zero-order chi connectivity index (χ0) is 23.3. The van der Waals surface area contributed by atoms with Gasteiger partial charge in [-0.1, -0.05) is 0 Å². The second-order valence-electron chi connectivity index (χ2n) is 9.72. The number of unbranched alkanes of at least 4 members (excludes halogenated alkanes) is 3. The quantitative estimate of drug-likeness (QED) is 0.257. The van der Waals surface area contributed by atoms with Gasteiger partial charge in [-0.25, -0.2) is 0 Å². The number of amides is 1. The van der Waals surface area contributed by atoms with Crippen molar-refractivity contribution >= 4 is 28.2 Å². The Balaban J connectivity index is 2.77. The van der Waals surface area contributed by atoms with Crippen LogP contribution >= 0.6 is 0 Å². The standard InChI is InChI=1S/C13H19N2O3.3C4H9.Sn/c1-13(2,3)18-12(16)15(4)8-9-17-11-6-5-7-14-10-11;3*1-3-4-2;/h5-6,10H,8-9H2,1-4H3;3*1,3-4H2,2H3;. The molecule has 1 heterocycles. The molecular formula is C25H46N2O3Sn. The first kappa shape index (κ1) is 28.1. The van der Waals surface area contributed by atoms with Gasteiger partial charge in [0.2, 0.25) is 0 Å². The summed E-state index contributed by atoms with van der Waals surface area (Å²) in [6.45, 7) is 13.4. The van der Waals surface area contributed by atoms with Gasteiger partial charge in [-0.3, -0.25) is 0 Å². The predicted molar refractivity (Wildman–Crippen MR) is 133 cm³/mol. The molecule has 1 amide bonds. The van der Waals surface area contributed by atoms with Crippen LogP contribution < -0.4 is 8.45 Å². The summed E-state index contributed by atoms with van der Waals surface area (Å²) in [4.78, 5) is 18.6. The average Bonchev–Trinajstić information content (AvgIpc) is 2.73. The summed E-state index contributed by atoms with van der Waals surface area (Å²) < 4.78 is 16.9. The van der Waals surface area contributed by atoms with E-state index in [-0.39, 0.29) is 6.09 Å². The molecule has 0 saturated carbocycles. The monoisotopic (exact) mass is 542 g/mol. The van der Waals surface area contributed by atoms with Crippen LogP contribution in [0.4, 0.5) is 4.79 Å². The predicted octanol–water partition coefficient (Wildman–Crippen LogP) is 6.38. The summed E-state index contributed by atoms with van der Waals surface area (Å²) in [5.41, 5.74) is -0.488. The molecule has 6 heteroatoms. The van der Waals surface area contributed by atoms with Crippen LogP contribution in [0, 0.1) is 0 Å².